The second kappa shape index (κ2) is 18.2. The van der Waals surface area contributed by atoms with Gasteiger partial charge in [-0.3, -0.25) is 10.1 Å². The molecule has 0 aliphatic rings. The Kier molecular flexibility index (Phi) is 14.3. The molecule has 1 atom stereocenters. The second-order valence-corrected chi connectivity index (χ2v) is 15.2. The van der Waals surface area contributed by atoms with Gasteiger partial charge in [0.2, 0.25) is 11.9 Å². The third kappa shape index (κ3) is 15.4. The first-order valence-corrected chi connectivity index (χ1v) is 17.2. The van der Waals surface area contributed by atoms with Gasteiger partial charge in [0.05, 0.1) is 19.1 Å². The van der Waals surface area contributed by atoms with Crippen LogP contribution in [0.3, 0.4) is 0 Å². The van der Waals surface area contributed by atoms with Gasteiger partial charge in [-0.15, -0.1) is 4.99 Å². The number of nitrogens with one attached hydrogen (secondary N) is 3. The number of carbonyl (C=O) groups is 5. The molecular formula is C40H50N4O10. The molecule has 0 unspecified atom stereocenters. The fourth-order valence-corrected chi connectivity index (χ4v) is 4.60. The van der Waals surface area contributed by atoms with Crippen molar-refractivity contribution < 1.29 is 47.7 Å². The Balaban J connectivity index is 1.70. The number of ether oxygens (including phenoxy) is 5. The van der Waals surface area contributed by atoms with Crippen LogP contribution >= 0.6 is 0 Å². The summed E-state index contributed by atoms with van der Waals surface area (Å²) in [7, 11) is 1.40. The topological polar surface area (TPSA) is 180 Å². The minimum atomic E-state index is -0.949. The van der Waals surface area contributed by atoms with E-state index < -0.39 is 52.9 Å². The molecule has 3 amide bonds. The van der Waals surface area contributed by atoms with E-state index in [1.165, 1.54) is 37.4 Å². The number of carbonyl (C=O) groups excluding carboxylic acids is 5. The molecule has 0 saturated heterocycles. The quantitative estimate of drug-likeness (QED) is 0.0657. The molecule has 14 heteroatoms. The molecule has 3 aromatic carbocycles. The molecule has 0 aliphatic heterocycles. The lowest BCUT2D eigenvalue weighted by Crippen LogP contribution is -2.46. The van der Waals surface area contributed by atoms with Gasteiger partial charge in [0, 0.05) is 12.1 Å². The van der Waals surface area contributed by atoms with Crippen molar-refractivity contribution >= 4 is 41.7 Å². The second-order valence-electron chi connectivity index (χ2n) is 15.2. The van der Waals surface area contributed by atoms with Crippen LogP contribution in [-0.2, 0) is 36.6 Å². The zero-order chi connectivity index (χ0) is 40.3. The number of anilines is 1. The van der Waals surface area contributed by atoms with E-state index in [0.29, 0.717) is 11.3 Å². The number of aliphatic imine (C=N–C) groups is 1. The van der Waals surface area contributed by atoms with Crippen LogP contribution in [0.4, 0.5) is 15.3 Å². The summed E-state index contributed by atoms with van der Waals surface area (Å²) in [5, 5.41) is 8.00. The first-order valence-electron chi connectivity index (χ1n) is 17.2. The summed E-state index contributed by atoms with van der Waals surface area (Å²) >= 11 is 0. The third-order valence-corrected chi connectivity index (χ3v) is 6.70. The van der Waals surface area contributed by atoms with Crippen LogP contribution < -0.4 is 25.4 Å². The van der Waals surface area contributed by atoms with Gasteiger partial charge in [0.15, 0.2) is 11.5 Å². The summed E-state index contributed by atoms with van der Waals surface area (Å²) in [6, 6.07) is 19.0. The zero-order valence-electron chi connectivity index (χ0n) is 32.4. The maximum atomic E-state index is 13.1. The Morgan fingerprint density at radius 2 is 1.31 bits per heavy atom. The number of hydrogen-bond donors (Lipinski definition) is 3. The molecular weight excluding hydrogens is 696 g/mol. The average Bonchev–Trinajstić information content (AvgIpc) is 3.03. The molecule has 0 saturated carbocycles. The van der Waals surface area contributed by atoms with E-state index in [4.69, 9.17) is 23.7 Å². The summed E-state index contributed by atoms with van der Waals surface area (Å²) in [5.41, 5.74) is -0.432. The van der Waals surface area contributed by atoms with E-state index in [-0.39, 0.29) is 35.9 Å². The van der Waals surface area contributed by atoms with Gasteiger partial charge in [0.1, 0.15) is 22.8 Å². The van der Waals surface area contributed by atoms with Crippen molar-refractivity contribution in [1.82, 2.24) is 10.6 Å². The van der Waals surface area contributed by atoms with E-state index in [2.05, 4.69) is 20.9 Å². The average molecular weight is 747 g/mol. The van der Waals surface area contributed by atoms with E-state index >= 15 is 0 Å². The number of hydrogen-bond acceptors (Lipinski definition) is 10. The molecule has 14 nitrogen and oxygen atoms in total. The van der Waals surface area contributed by atoms with Crippen molar-refractivity contribution in [2.24, 2.45) is 4.99 Å². The normalized spacial score (nSPS) is 12.4. The molecule has 0 spiro atoms. The predicted octanol–water partition coefficient (Wildman–Crippen LogP) is 6.75. The Morgan fingerprint density at radius 3 is 1.89 bits per heavy atom. The smallest absolute Gasteiger partial charge is 0.437 e. The minimum Gasteiger partial charge on any atom is -0.493 e. The highest BCUT2D eigenvalue weighted by molar-refractivity contribution is 6.06. The molecule has 54 heavy (non-hydrogen) atoms. The number of amides is 3. The van der Waals surface area contributed by atoms with Gasteiger partial charge in [-0.2, -0.15) is 0 Å². The van der Waals surface area contributed by atoms with E-state index in [1.807, 2.05) is 30.3 Å². The Bertz CT molecular complexity index is 1820. The highest BCUT2D eigenvalue weighted by atomic mass is 16.6. The minimum absolute atomic E-state index is 0.0882. The SMILES string of the molecule is COc1cc(CC(=O)N[C@@H](Cc2ccccc2)C(=O)OC(C)(C)C)ccc1OC(=O)c1ccc(N/C(=N\C(=O)OC(C)(C)C)NC(=O)OC(C)(C)C)cc1. The lowest BCUT2D eigenvalue weighted by molar-refractivity contribution is -0.158. The maximum Gasteiger partial charge on any atom is 0.437 e. The first kappa shape index (κ1) is 42.5. The highest BCUT2D eigenvalue weighted by Gasteiger charge is 2.27. The van der Waals surface area contributed by atoms with Crippen LogP contribution in [0.25, 0.3) is 0 Å². The van der Waals surface area contributed by atoms with Crippen molar-refractivity contribution in [2.75, 3.05) is 12.4 Å². The highest BCUT2D eigenvalue weighted by Crippen LogP contribution is 2.29. The summed E-state index contributed by atoms with van der Waals surface area (Å²) in [5.74, 6) is -1.61. The van der Waals surface area contributed by atoms with Gasteiger partial charge in [-0.1, -0.05) is 36.4 Å². The monoisotopic (exact) mass is 746 g/mol. The van der Waals surface area contributed by atoms with Crippen LogP contribution in [0.2, 0.25) is 0 Å². The largest absolute Gasteiger partial charge is 0.493 e. The van der Waals surface area contributed by atoms with Gasteiger partial charge in [-0.25, -0.2) is 19.2 Å². The van der Waals surface area contributed by atoms with E-state index in [1.54, 1.807) is 74.4 Å². The molecule has 290 valence electrons. The summed E-state index contributed by atoms with van der Waals surface area (Å²) in [6.45, 7) is 15.4. The molecule has 3 rings (SSSR count). The standard InChI is InChI=1S/C40H50N4O10/c1-38(2,3)52-34(47)29(22-25-14-12-11-13-15-25)42-32(45)24-26-16-21-30(31(23-26)50-10)51-33(46)27-17-19-28(20-18-27)41-35(43-36(48)53-39(4,5)6)44-37(49)54-40(7,8)9/h11-21,23,29H,22,24H2,1-10H3,(H,42,45)(H2,41,43,44,48,49)/t29-/m0/s1. The number of nitrogens with zero attached hydrogens (tertiary/aromatic N) is 1. The molecule has 0 aliphatic carbocycles. The predicted molar refractivity (Wildman–Crippen MR) is 203 cm³/mol. The summed E-state index contributed by atoms with van der Waals surface area (Å²) < 4.78 is 27.1. The maximum absolute atomic E-state index is 13.1. The number of rotatable bonds is 10. The van der Waals surface area contributed by atoms with Gasteiger partial charge >= 0.3 is 24.1 Å². The van der Waals surface area contributed by atoms with Crippen molar-refractivity contribution in [3.8, 4) is 11.5 Å². The zero-order valence-corrected chi connectivity index (χ0v) is 32.4. The third-order valence-electron chi connectivity index (χ3n) is 6.70. The number of methoxy groups -OCH3 is 1. The number of benzene rings is 3. The number of esters is 2. The molecule has 0 bridgehead atoms. The molecule has 0 aromatic heterocycles. The van der Waals surface area contributed by atoms with Crippen LogP contribution in [0.1, 0.15) is 83.8 Å². The van der Waals surface area contributed by atoms with Crippen LogP contribution in [0.15, 0.2) is 77.8 Å². The van der Waals surface area contributed by atoms with Crippen molar-refractivity contribution in [3.05, 3.63) is 89.5 Å². The Morgan fingerprint density at radius 1 is 0.704 bits per heavy atom. The van der Waals surface area contributed by atoms with Crippen molar-refractivity contribution in [1.29, 1.82) is 0 Å². The Hall–Kier alpha value is -5.92. The fourth-order valence-electron chi connectivity index (χ4n) is 4.60. The molecule has 0 fully saturated rings. The number of alkyl carbamates (subject to hydrolysis) is 1. The van der Waals surface area contributed by atoms with Gasteiger partial charge in [-0.05, 0) is 110 Å². The lowest BCUT2D eigenvalue weighted by atomic mass is 10.0. The molecule has 0 heterocycles. The van der Waals surface area contributed by atoms with Crippen molar-refractivity contribution in [3.63, 3.8) is 0 Å². The lowest BCUT2D eigenvalue weighted by Gasteiger charge is -2.24. The molecule has 3 aromatic rings. The van der Waals surface area contributed by atoms with E-state index in [0.717, 1.165) is 5.56 Å². The van der Waals surface area contributed by atoms with Gasteiger partial charge in [0.25, 0.3) is 0 Å². The van der Waals surface area contributed by atoms with E-state index in [9.17, 15) is 24.0 Å². The Labute approximate surface area is 315 Å². The molecule has 3 N–H and O–H groups in total. The number of guanidine groups is 1. The molecule has 0 radical (unpaired) electrons. The van der Waals surface area contributed by atoms with Crippen LogP contribution in [0, 0.1) is 0 Å². The van der Waals surface area contributed by atoms with Crippen molar-refractivity contribution in [2.45, 2.75) is 98.0 Å². The fraction of sp³-hybridized carbons (Fsp3) is 0.400. The van der Waals surface area contributed by atoms with Crippen LogP contribution in [-0.4, -0.2) is 65.9 Å². The van der Waals surface area contributed by atoms with Crippen LogP contribution in [0.5, 0.6) is 11.5 Å². The summed E-state index contributed by atoms with van der Waals surface area (Å²) in [4.78, 5) is 67.9. The summed E-state index contributed by atoms with van der Waals surface area (Å²) in [6.07, 6.45) is -1.64. The first-order chi connectivity index (χ1) is 25.1. The van der Waals surface area contributed by atoms with Gasteiger partial charge < -0.3 is 34.3 Å².